The Morgan fingerprint density at radius 1 is 1.10 bits per heavy atom. The zero-order valence-corrected chi connectivity index (χ0v) is 17.0. The van der Waals surface area contributed by atoms with Crippen molar-refractivity contribution in [3.63, 3.8) is 0 Å². The summed E-state index contributed by atoms with van der Waals surface area (Å²) in [5.74, 6) is -0.306. The lowest BCUT2D eigenvalue weighted by molar-refractivity contribution is -0.138. The largest absolute Gasteiger partial charge is 0.493 e. The van der Waals surface area contributed by atoms with E-state index in [0.717, 1.165) is 12.1 Å². The Morgan fingerprint density at radius 2 is 1.74 bits per heavy atom. The van der Waals surface area contributed by atoms with E-state index in [9.17, 15) is 26.4 Å². The predicted octanol–water partition coefficient (Wildman–Crippen LogP) is 2.71. The average Bonchev–Trinajstić information content (AvgIpc) is 2.70. The van der Waals surface area contributed by atoms with Crippen LogP contribution in [0.5, 0.6) is 11.5 Å². The van der Waals surface area contributed by atoms with Crippen molar-refractivity contribution in [1.29, 1.82) is 0 Å². The number of amides is 1. The second-order valence-electron chi connectivity index (χ2n) is 6.50. The SMILES string of the molecule is COc1cc2c(cc1OC)C(c1ccc(CNS(N)(=O)=O)cc1C(F)(F)F)N=NC2=O. The fraction of sp³-hybridized carbons (Fsp3) is 0.278. The highest BCUT2D eigenvalue weighted by Crippen LogP contribution is 2.44. The molecule has 2 aromatic rings. The van der Waals surface area contributed by atoms with Gasteiger partial charge in [-0.3, -0.25) is 4.79 Å². The van der Waals surface area contributed by atoms with Crippen LogP contribution in [0.3, 0.4) is 0 Å². The second kappa shape index (κ2) is 8.24. The van der Waals surface area contributed by atoms with Gasteiger partial charge in [-0.1, -0.05) is 12.1 Å². The number of alkyl halides is 3. The number of ether oxygens (including phenoxy) is 2. The van der Waals surface area contributed by atoms with Crippen LogP contribution in [0.4, 0.5) is 13.2 Å². The molecule has 0 radical (unpaired) electrons. The van der Waals surface area contributed by atoms with Gasteiger partial charge in [-0.25, -0.2) is 5.14 Å². The van der Waals surface area contributed by atoms with Gasteiger partial charge in [-0.15, -0.1) is 5.11 Å². The monoisotopic (exact) mass is 458 g/mol. The molecule has 2 aromatic carbocycles. The molecule has 0 aliphatic carbocycles. The van der Waals surface area contributed by atoms with Crippen LogP contribution in [-0.4, -0.2) is 28.5 Å². The van der Waals surface area contributed by atoms with E-state index in [1.165, 1.54) is 32.4 Å². The van der Waals surface area contributed by atoms with Gasteiger partial charge in [-0.2, -0.15) is 31.4 Å². The minimum Gasteiger partial charge on any atom is -0.493 e. The van der Waals surface area contributed by atoms with Crippen LogP contribution >= 0.6 is 0 Å². The first-order chi connectivity index (χ1) is 14.4. The summed E-state index contributed by atoms with van der Waals surface area (Å²) >= 11 is 0. The molecule has 0 saturated heterocycles. The highest BCUT2D eigenvalue weighted by Gasteiger charge is 2.38. The summed E-state index contributed by atoms with van der Waals surface area (Å²) in [4.78, 5) is 12.2. The molecule has 3 rings (SSSR count). The van der Waals surface area contributed by atoms with Crippen molar-refractivity contribution in [3.05, 3.63) is 58.1 Å². The third-order valence-corrected chi connectivity index (χ3v) is 5.09. The van der Waals surface area contributed by atoms with Crippen LogP contribution in [0.2, 0.25) is 0 Å². The smallest absolute Gasteiger partial charge is 0.416 e. The number of nitrogens with one attached hydrogen (secondary N) is 1. The molecule has 0 spiro atoms. The Balaban J connectivity index is 2.14. The molecule has 1 amide bonds. The molecule has 0 aromatic heterocycles. The number of nitrogens with zero attached hydrogens (tertiary/aromatic N) is 2. The third kappa shape index (κ3) is 4.84. The van der Waals surface area contributed by atoms with E-state index in [-0.39, 0.29) is 33.8 Å². The Hall–Kier alpha value is -3.03. The summed E-state index contributed by atoms with van der Waals surface area (Å²) in [5.41, 5.74) is -1.09. The summed E-state index contributed by atoms with van der Waals surface area (Å²) in [6, 6.07) is 4.72. The van der Waals surface area contributed by atoms with Crippen molar-refractivity contribution in [2.24, 2.45) is 15.4 Å². The fourth-order valence-corrected chi connectivity index (χ4v) is 3.51. The summed E-state index contributed by atoms with van der Waals surface area (Å²) < 4.78 is 75.8. The van der Waals surface area contributed by atoms with Gasteiger partial charge in [0.2, 0.25) is 0 Å². The maximum atomic E-state index is 13.8. The van der Waals surface area contributed by atoms with Gasteiger partial charge < -0.3 is 9.47 Å². The maximum absolute atomic E-state index is 13.8. The molecule has 1 unspecified atom stereocenters. The van der Waals surface area contributed by atoms with Crippen molar-refractivity contribution < 1.29 is 35.9 Å². The molecule has 0 bridgehead atoms. The molecular formula is C18H17F3N4O5S. The number of azo groups is 1. The van der Waals surface area contributed by atoms with E-state index < -0.39 is 40.4 Å². The van der Waals surface area contributed by atoms with Crippen LogP contribution in [-0.2, 0) is 22.9 Å². The van der Waals surface area contributed by atoms with Crippen molar-refractivity contribution in [2.45, 2.75) is 18.8 Å². The van der Waals surface area contributed by atoms with Crippen LogP contribution in [0.25, 0.3) is 0 Å². The van der Waals surface area contributed by atoms with E-state index in [0.29, 0.717) is 0 Å². The topological polar surface area (TPSA) is 132 Å². The lowest BCUT2D eigenvalue weighted by Gasteiger charge is -2.24. The van der Waals surface area contributed by atoms with Gasteiger partial charge in [0.15, 0.2) is 11.5 Å². The van der Waals surface area contributed by atoms with Gasteiger partial charge in [0.25, 0.3) is 16.1 Å². The number of halogens is 3. The van der Waals surface area contributed by atoms with Gasteiger partial charge >= 0.3 is 6.18 Å². The maximum Gasteiger partial charge on any atom is 0.416 e. The van der Waals surface area contributed by atoms with Crippen molar-refractivity contribution in [2.75, 3.05) is 14.2 Å². The minimum atomic E-state index is -4.79. The number of hydrogen-bond donors (Lipinski definition) is 2. The fourth-order valence-electron chi connectivity index (χ4n) is 3.14. The molecule has 0 fully saturated rings. The van der Waals surface area contributed by atoms with E-state index in [4.69, 9.17) is 14.6 Å². The molecule has 1 aliphatic heterocycles. The average molecular weight is 458 g/mol. The Morgan fingerprint density at radius 3 is 2.32 bits per heavy atom. The highest BCUT2D eigenvalue weighted by molar-refractivity contribution is 7.87. The Bertz CT molecular complexity index is 1170. The number of carbonyl (C=O) groups is 1. The number of nitrogens with two attached hydrogens (primary N) is 1. The standard InChI is InChI=1S/C18H17F3N4O5S/c1-29-14-6-11-12(7-15(14)30-2)17(26)25-24-16(11)10-4-3-9(8-23-31(22,27)28)5-13(10)18(19,20)21/h3-7,16,23H,8H2,1-2H3,(H2,22,27,28). The lowest BCUT2D eigenvalue weighted by Crippen LogP contribution is -2.30. The van der Waals surface area contributed by atoms with E-state index in [1.54, 1.807) is 0 Å². The Kier molecular flexibility index (Phi) is 6.02. The first kappa shape index (κ1) is 22.7. The normalized spacial score (nSPS) is 16.2. The second-order valence-corrected chi connectivity index (χ2v) is 7.88. The van der Waals surface area contributed by atoms with Crippen molar-refractivity contribution in [3.8, 4) is 11.5 Å². The molecule has 13 heteroatoms. The van der Waals surface area contributed by atoms with Gasteiger partial charge in [0.05, 0.1) is 25.3 Å². The van der Waals surface area contributed by atoms with Gasteiger partial charge in [-0.05, 0) is 34.9 Å². The number of benzene rings is 2. The van der Waals surface area contributed by atoms with Crippen molar-refractivity contribution >= 4 is 16.1 Å². The number of fused-ring (bicyclic) bond motifs is 1. The number of rotatable bonds is 6. The van der Waals surface area contributed by atoms with Crippen LogP contribution in [0.1, 0.15) is 38.7 Å². The van der Waals surface area contributed by atoms with Gasteiger partial charge in [0.1, 0.15) is 6.04 Å². The van der Waals surface area contributed by atoms with E-state index >= 15 is 0 Å². The Labute approximate surface area is 175 Å². The highest BCUT2D eigenvalue weighted by atomic mass is 32.2. The first-order valence-electron chi connectivity index (χ1n) is 8.63. The molecule has 0 saturated carbocycles. The molecule has 166 valence electrons. The molecule has 3 N–H and O–H groups in total. The molecule has 1 atom stereocenters. The van der Waals surface area contributed by atoms with Crippen LogP contribution < -0.4 is 19.3 Å². The van der Waals surface area contributed by atoms with E-state index in [2.05, 4.69) is 10.2 Å². The molecule has 1 heterocycles. The van der Waals surface area contributed by atoms with Crippen molar-refractivity contribution in [1.82, 2.24) is 4.72 Å². The zero-order chi connectivity index (χ0) is 23.0. The molecule has 1 aliphatic rings. The number of methoxy groups -OCH3 is 2. The summed E-state index contributed by atoms with van der Waals surface area (Å²) in [6.07, 6.45) is -4.79. The van der Waals surface area contributed by atoms with Crippen LogP contribution in [0.15, 0.2) is 40.6 Å². The minimum absolute atomic E-state index is 0.0291. The summed E-state index contributed by atoms with van der Waals surface area (Å²) in [7, 11) is -1.39. The quantitative estimate of drug-likeness (QED) is 0.687. The zero-order valence-electron chi connectivity index (χ0n) is 16.2. The summed E-state index contributed by atoms with van der Waals surface area (Å²) in [5, 5.41) is 12.1. The van der Waals surface area contributed by atoms with Crippen LogP contribution in [0, 0.1) is 0 Å². The molecule has 9 nitrogen and oxygen atoms in total. The lowest BCUT2D eigenvalue weighted by atomic mass is 9.89. The number of carbonyl (C=O) groups excluding carboxylic acids is 1. The molecule has 31 heavy (non-hydrogen) atoms. The third-order valence-electron chi connectivity index (χ3n) is 4.54. The molecular weight excluding hydrogens is 441 g/mol. The van der Waals surface area contributed by atoms with Gasteiger partial charge in [0, 0.05) is 6.54 Å². The number of hydrogen-bond acceptors (Lipinski definition) is 6. The predicted molar refractivity (Wildman–Crippen MR) is 102 cm³/mol. The summed E-state index contributed by atoms with van der Waals surface area (Å²) in [6.45, 7) is -0.436. The first-order valence-corrected chi connectivity index (χ1v) is 10.2. The van der Waals surface area contributed by atoms with E-state index in [1.807, 2.05) is 4.72 Å².